The zero-order valence-corrected chi connectivity index (χ0v) is 17.7. The second kappa shape index (κ2) is 8.19. The molecule has 1 heterocycles. The van der Waals surface area contributed by atoms with Gasteiger partial charge in [-0.15, -0.1) is 0 Å². The van der Waals surface area contributed by atoms with Crippen molar-refractivity contribution in [2.75, 3.05) is 14.1 Å². The highest BCUT2D eigenvalue weighted by molar-refractivity contribution is 7.89. The highest BCUT2D eigenvalue weighted by Gasteiger charge is 2.66. The lowest BCUT2D eigenvalue weighted by molar-refractivity contribution is -0.287. The summed E-state index contributed by atoms with van der Waals surface area (Å²) in [6.45, 7) is 0. The number of halogens is 3. The lowest BCUT2D eigenvalue weighted by Crippen LogP contribution is -2.72. The van der Waals surface area contributed by atoms with Crippen LogP contribution in [0.2, 0.25) is 0 Å². The number of rotatable bonds is 5. The van der Waals surface area contributed by atoms with E-state index >= 15 is 0 Å². The molecule has 0 radical (unpaired) electrons. The standard InChI is InChI=1S/C20H20F3N3O5S/c1-26(2)32(30,31)14-10-8-13(9-11-14)17(27)15-16(12-6-4-3-5-7-12)24-18(28)25-19(15,29)20(21,22)23/h3-11,15-16,29H,1-2H3,(H2,24,25,28)/t15-,16+,19-/m0/s1. The maximum atomic E-state index is 13.9. The van der Waals surface area contributed by atoms with Crippen LogP contribution in [0, 0.1) is 5.92 Å². The van der Waals surface area contributed by atoms with Crippen LogP contribution in [-0.2, 0) is 10.0 Å². The molecule has 3 atom stereocenters. The lowest BCUT2D eigenvalue weighted by atomic mass is 9.77. The first kappa shape index (κ1) is 23.7. The summed E-state index contributed by atoms with van der Waals surface area (Å²) in [5, 5.41) is 14.3. The number of carbonyl (C=O) groups is 2. The van der Waals surface area contributed by atoms with E-state index in [9.17, 15) is 36.3 Å². The van der Waals surface area contributed by atoms with E-state index in [0.29, 0.717) is 0 Å². The minimum atomic E-state index is -5.38. The van der Waals surface area contributed by atoms with Gasteiger partial charge in [-0.05, 0) is 17.7 Å². The van der Waals surface area contributed by atoms with E-state index in [2.05, 4.69) is 5.32 Å². The Hall–Kier alpha value is -2.96. The van der Waals surface area contributed by atoms with Crippen molar-refractivity contribution in [3.8, 4) is 0 Å². The van der Waals surface area contributed by atoms with Gasteiger partial charge in [-0.2, -0.15) is 13.2 Å². The average Bonchev–Trinajstić information content (AvgIpc) is 2.72. The Labute approximate surface area is 182 Å². The van der Waals surface area contributed by atoms with Gasteiger partial charge in [0.25, 0.3) is 0 Å². The number of carbonyl (C=O) groups excluding carboxylic acids is 2. The van der Waals surface area contributed by atoms with Gasteiger partial charge in [0.1, 0.15) is 5.92 Å². The maximum absolute atomic E-state index is 13.9. The van der Waals surface area contributed by atoms with E-state index in [-0.39, 0.29) is 16.0 Å². The molecule has 8 nitrogen and oxygen atoms in total. The fourth-order valence-corrected chi connectivity index (χ4v) is 4.36. The van der Waals surface area contributed by atoms with Crippen LogP contribution in [0.25, 0.3) is 0 Å². The van der Waals surface area contributed by atoms with Crippen molar-refractivity contribution in [3.05, 3.63) is 65.7 Å². The molecule has 0 unspecified atom stereocenters. The topological polar surface area (TPSA) is 116 Å². The highest BCUT2D eigenvalue weighted by atomic mass is 32.2. The van der Waals surface area contributed by atoms with Gasteiger partial charge in [-0.3, -0.25) is 4.79 Å². The Morgan fingerprint density at radius 3 is 2.12 bits per heavy atom. The molecule has 0 aliphatic carbocycles. The van der Waals surface area contributed by atoms with Crippen LogP contribution in [-0.4, -0.2) is 55.6 Å². The van der Waals surface area contributed by atoms with Crippen LogP contribution < -0.4 is 10.6 Å². The van der Waals surface area contributed by atoms with Gasteiger partial charge >= 0.3 is 12.2 Å². The first-order chi connectivity index (χ1) is 14.8. The number of sulfonamides is 1. The molecule has 2 amide bonds. The zero-order valence-electron chi connectivity index (χ0n) is 16.9. The fourth-order valence-electron chi connectivity index (χ4n) is 3.46. The Kier molecular flexibility index (Phi) is 6.06. The monoisotopic (exact) mass is 471 g/mol. The smallest absolute Gasteiger partial charge is 0.363 e. The third-order valence-electron chi connectivity index (χ3n) is 5.16. The number of benzene rings is 2. The zero-order chi connectivity index (χ0) is 23.9. The van der Waals surface area contributed by atoms with E-state index in [1.54, 1.807) is 6.07 Å². The predicted molar refractivity (Wildman–Crippen MR) is 107 cm³/mol. The largest absolute Gasteiger partial charge is 0.437 e. The molecule has 0 spiro atoms. The summed E-state index contributed by atoms with van der Waals surface area (Å²) in [7, 11) is -1.22. The molecular formula is C20H20F3N3O5S. The molecule has 0 aromatic heterocycles. The first-order valence-corrected chi connectivity index (χ1v) is 10.7. The summed E-state index contributed by atoms with van der Waals surface area (Å²) < 4.78 is 67.1. The molecule has 12 heteroatoms. The molecule has 2 aromatic rings. The van der Waals surface area contributed by atoms with Gasteiger partial charge in [0, 0.05) is 19.7 Å². The number of urea groups is 1. The number of alkyl halides is 3. The number of nitrogens with one attached hydrogen (secondary N) is 2. The number of ketones is 1. The Morgan fingerprint density at radius 2 is 1.62 bits per heavy atom. The number of nitrogens with zero attached hydrogens (tertiary/aromatic N) is 1. The van der Waals surface area contributed by atoms with Gasteiger partial charge < -0.3 is 15.7 Å². The van der Waals surface area contributed by atoms with E-state index in [0.717, 1.165) is 28.6 Å². The number of hydrogen-bond acceptors (Lipinski definition) is 5. The Bertz CT molecular complexity index is 1120. The molecule has 1 aliphatic rings. The summed E-state index contributed by atoms with van der Waals surface area (Å²) >= 11 is 0. The average molecular weight is 471 g/mol. The molecule has 1 fully saturated rings. The van der Waals surface area contributed by atoms with Crippen LogP contribution >= 0.6 is 0 Å². The third kappa shape index (κ3) is 4.08. The molecule has 172 valence electrons. The minimum Gasteiger partial charge on any atom is -0.363 e. The summed E-state index contributed by atoms with van der Waals surface area (Å²) in [4.78, 5) is 25.0. The lowest BCUT2D eigenvalue weighted by Gasteiger charge is -2.45. The molecule has 1 saturated heterocycles. The number of amides is 2. The van der Waals surface area contributed by atoms with Gasteiger partial charge in [0.2, 0.25) is 15.7 Å². The van der Waals surface area contributed by atoms with Crippen LogP contribution in [0.5, 0.6) is 0 Å². The second-order valence-corrected chi connectivity index (χ2v) is 9.56. The minimum absolute atomic E-state index is 0.167. The van der Waals surface area contributed by atoms with Crippen molar-refractivity contribution in [1.82, 2.24) is 14.9 Å². The van der Waals surface area contributed by atoms with Crippen LogP contribution in [0.1, 0.15) is 22.0 Å². The molecular weight excluding hydrogens is 451 g/mol. The normalized spacial score (nSPS) is 24.0. The van der Waals surface area contributed by atoms with Crippen molar-refractivity contribution >= 4 is 21.8 Å². The molecule has 0 bridgehead atoms. The third-order valence-corrected chi connectivity index (χ3v) is 6.99. The maximum Gasteiger partial charge on any atom is 0.437 e. The van der Waals surface area contributed by atoms with Gasteiger partial charge in [-0.1, -0.05) is 42.5 Å². The molecule has 3 N–H and O–H groups in total. The van der Waals surface area contributed by atoms with E-state index in [4.69, 9.17) is 0 Å². The summed E-state index contributed by atoms with van der Waals surface area (Å²) in [5.74, 6) is -3.33. The van der Waals surface area contributed by atoms with Crippen molar-refractivity contribution < 1.29 is 36.3 Å². The number of hydrogen-bond donors (Lipinski definition) is 3. The molecule has 1 aliphatic heterocycles. The van der Waals surface area contributed by atoms with Crippen LogP contribution in [0.4, 0.5) is 18.0 Å². The molecule has 2 aromatic carbocycles. The van der Waals surface area contributed by atoms with E-state index < -0.39 is 45.7 Å². The molecule has 32 heavy (non-hydrogen) atoms. The van der Waals surface area contributed by atoms with Crippen LogP contribution in [0.3, 0.4) is 0 Å². The van der Waals surface area contributed by atoms with Gasteiger partial charge in [0.15, 0.2) is 5.78 Å². The molecule has 0 saturated carbocycles. The van der Waals surface area contributed by atoms with Crippen molar-refractivity contribution in [2.45, 2.75) is 22.8 Å². The van der Waals surface area contributed by atoms with Crippen LogP contribution in [0.15, 0.2) is 59.5 Å². The molecule has 3 rings (SSSR count). The second-order valence-electron chi connectivity index (χ2n) is 7.40. The summed E-state index contributed by atoms with van der Waals surface area (Å²) in [6, 6.07) is 8.95. The summed E-state index contributed by atoms with van der Waals surface area (Å²) in [5.41, 5.74) is -3.95. The van der Waals surface area contributed by atoms with E-state index in [1.807, 2.05) is 0 Å². The Morgan fingerprint density at radius 1 is 1.06 bits per heavy atom. The van der Waals surface area contributed by atoms with Gasteiger partial charge in [0.05, 0.1) is 10.9 Å². The first-order valence-electron chi connectivity index (χ1n) is 9.28. The van der Waals surface area contributed by atoms with E-state index in [1.165, 1.54) is 43.7 Å². The van der Waals surface area contributed by atoms with Gasteiger partial charge in [-0.25, -0.2) is 17.5 Å². The quantitative estimate of drug-likeness (QED) is 0.578. The predicted octanol–water partition coefficient (Wildman–Crippen LogP) is 2.04. The Balaban J connectivity index is 2.10. The highest BCUT2D eigenvalue weighted by Crippen LogP contribution is 2.43. The fraction of sp³-hybridized carbons (Fsp3) is 0.300. The SMILES string of the molecule is CN(C)S(=O)(=O)c1ccc(C(=O)[C@@H]2[C@@H](c3ccccc3)NC(=O)N[C@@]2(O)C(F)(F)F)cc1. The summed E-state index contributed by atoms with van der Waals surface area (Å²) in [6.07, 6.45) is -5.38. The number of aliphatic hydroxyl groups is 1. The van der Waals surface area contributed by atoms with Crippen molar-refractivity contribution in [2.24, 2.45) is 5.92 Å². The number of Topliss-reactive ketones (excluding diaryl/α,β-unsaturated/α-hetero) is 1. The van der Waals surface area contributed by atoms with Crippen molar-refractivity contribution in [1.29, 1.82) is 0 Å². The van der Waals surface area contributed by atoms with Crippen molar-refractivity contribution in [3.63, 3.8) is 0 Å².